The summed E-state index contributed by atoms with van der Waals surface area (Å²) in [5.41, 5.74) is 0.968. The molecule has 3 nitrogen and oxygen atoms in total. The van der Waals surface area contributed by atoms with Crippen molar-refractivity contribution in [2.45, 2.75) is 56.0 Å². The van der Waals surface area contributed by atoms with Gasteiger partial charge < -0.3 is 0 Å². The van der Waals surface area contributed by atoms with Crippen LogP contribution in [-0.4, -0.2) is 14.2 Å². The predicted molar refractivity (Wildman–Crippen MR) is 87.1 cm³/mol. The summed E-state index contributed by atoms with van der Waals surface area (Å²) < 4.78 is 13.1. The van der Waals surface area contributed by atoms with Crippen LogP contribution in [0.15, 0.2) is 15.9 Å². The average Bonchev–Trinajstić information content (AvgIpc) is 2.95. The van der Waals surface area contributed by atoms with Crippen LogP contribution in [0.2, 0.25) is 0 Å². The van der Waals surface area contributed by atoms with Gasteiger partial charge in [0.05, 0.1) is 27.3 Å². The van der Waals surface area contributed by atoms with E-state index in [-0.39, 0.29) is 5.41 Å². The average molecular weight is 329 g/mol. The Hall–Kier alpha value is -0.590. The molecule has 0 bridgehead atoms. The molecular weight excluding hydrogens is 308 g/mol. The number of rotatable bonds is 4. The Bertz CT molecular complexity index is 608. The van der Waals surface area contributed by atoms with Crippen LogP contribution < -0.4 is 0 Å². The molecule has 6 heteroatoms. The molecule has 2 heterocycles. The van der Waals surface area contributed by atoms with Gasteiger partial charge in [-0.2, -0.15) is 0 Å². The van der Waals surface area contributed by atoms with Gasteiger partial charge in [-0.3, -0.25) is 4.21 Å². The Labute approximate surface area is 131 Å². The van der Waals surface area contributed by atoms with Crippen molar-refractivity contribution in [2.24, 2.45) is 0 Å². The number of aromatic nitrogens is 2. The van der Waals surface area contributed by atoms with Crippen molar-refractivity contribution >= 4 is 33.5 Å². The minimum absolute atomic E-state index is 0.0611. The minimum atomic E-state index is -1.10. The lowest BCUT2D eigenvalue weighted by molar-refractivity contribution is 0.602. The number of hydrogen-bond acceptors (Lipinski definition) is 5. The molecule has 0 fully saturated rings. The van der Waals surface area contributed by atoms with E-state index in [1.54, 1.807) is 22.7 Å². The van der Waals surface area contributed by atoms with Gasteiger partial charge in [0, 0.05) is 22.4 Å². The summed E-state index contributed by atoms with van der Waals surface area (Å²) in [4.78, 5) is 10.0. The maximum absolute atomic E-state index is 12.4. The molecule has 2 aromatic rings. The van der Waals surface area contributed by atoms with Crippen LogP contribution in [0.1, 0.15) is 56.1 Å². The molecule has 1 unspecified atom stereocenters. The van der Waals surface area contributed by atoms with Gasteiger partial charge in [0.1, 0.15) is 0 Å². The van der Waals surface area contributed by atoms with E-state index in [4.69, 9.17) is 0 Å². The largest absolute Gasteiger partial charge is 0.251 e. The summed E-state index contributed by atoms with van der Waals surface area (Å²) in [7, 11) is -1.10. The molecule has 2 rings (SSSR count). The van der Waals surface area contributed by atoms with E-state index in [1.165, 1.54) is 4.88 Å². The smallest absolute Gasteiger partial charge is 0.181 e. The molecule has 110 valence electrons. The maximum Gasteiger partial charge on any atom is 0.181 e. The lowest BCUT2D eigenvalue weighted by atomic mass is 9.96. The van der Waals surface area contributed by atoms with E-state index in [0.29, 0.717) is 16.0 Å². The van der Waals surface area contributed by atoms with Crippen molar-refractivity contribution in [2.75, 3.05) is 0 Å². The Morgan fingerprint density at radius 1 is 1.35 bits per heavy atom. The second-order valence-electron chi connectivity index (χ2n) is 6.06. The van der Waals surface area contributed by atoms with Crippen LogP contribution in [0.4, 0.5) is 0 Å². The highest BCUT2D eigenvalue weighted by Gasteiger charge is 2.20. The monoisotopic (exact) mass is 328 g/mol. The lowest BCUT2D eigenvalue weighted by Crippen LogP contribution is -2.07. The van der Waals surface area contributed by atoms with Crippen molar-refractivity contribution in [3.63, 3.8) is 0 Å². The fraction of sp³-hybridized carbons (Fsp3) is 0.571. The molecule has 0 aromatic carbocycles. The van der Waals surface area contributed by atoms with Gasteiger partial charge in [0.15, 0.2) is 4.34 Å². The molecule has 0 aliphatic carbocycles. The van der Waals surface area contributed by atoms with E-state index in [0.717, 1.165) is 10.7 Å². The van der Waals surface area contributed by atoms with E-state index in [2.05, 4.69) is 44.6 Å². The Morgan fingerprint density at radius 2 is 2.05 bits per heavy atom. The normalized spacial score (nSPS) is 13.9. The fourth-order valence-corrected chi connectivity index (χ4v) is 4.73. The lowest BCUT2D eigenvalue weighted by Gasteiger charge is -2.14. The summed E-state index contributed by atoms with van der Waals surface area (Å²) in [6, 6.07) is 0. The summed E-state index contributed by atoms with van der Waals surface area (Å²) in [6.45, 7) is 10.7. The highest BCUT2D eigenvalue weighted by Crippen LogP contribution is 2.30. The second kappa shape index (κ2) is 6.03. The van der Waals surface area contributed by atoms with Gasteiger partial charge >= 0.3 is 0 Å². The van der Waals surface area contributed by atoms with Gasteiger partial charge in [0.25, 0.3) is 0 Å². The highest BCUT2D eigenvalue weighted by atomic mass is 32.2. The zero-order valence-corrected chi connectivity index (χ0v) is 14.9. The van der Waals surface area contributed by atoms with Crippen molar-refractivity contribution in [1.82, 2.24) is 9.97 Å². The number of thiazole rings is 2. The van der Waals surface area contributed by atoms with E-state index < -0.39 is 10.8 Å². The van der Waals surface area contributed by atoms with Gasteiger partial charge in [-0.05, 0) is 5.41 Å². The highest BCUT2D eigenvalue weighted by molar-refractivity contribution is 7.86. The molecule has 0 aliphatic heterocycles. The van der Waals surface area contributed by atoms with Gasteiger partial charge in [-0.25, -0.2) is 9.97 Å². The topological polar surface area (TPSA) is 42.9 Å². The quantitative estimate of drug-likeness (QED) is 0.839. The Morgan fingerprint density at radius 3 is 2.55 bits per heavy atom. The molecule has 0 saturated carbocycles. The second-order valence-corrected chi connectivity index (χ2v) is 9.61. The first-order valence-electron chi connectivity index (χ1n) is 6.56. The minimum Gasteiger partial charge on any atom is -0.251 e. The van der Waals surface area contributed by atoms with E-state index in [9.17, 15) is 4.21 Å². The molecule has 0 aliphatic rings. The molecule has 0 saturated heterocycles. The van der Waals surface area contributed by atoms with Crippen LogP contribution >= 0.6 is 22.7 Å². The van der Waals surface area contributed by atoms with Crippen LogP contribution in [0, 0.1) is 0 Å². The number of hydrogen-bond donors (Lipinski definition) is 0. The standard InChI is InChI=1S/C14H20N2OS3/c1-9(2)12-16-10(7-18-12)8-20(17)13-15-6-11(19-13)14(3,4)5/h6-7,9H,8H2,1-5H3. The third-order valence-electron chi connectivity index (χ3n) is 2.76. The fourth-order valence-electron chi connectivity index (χ4n) is 1.56. The summed E-state index contributed by atoms with van der Waals surface area (Å²) in [5.74, 6) is 0.884. The van der Waals surface area contributed by atoms with Crippen LogP contribution in [0.5, 0.6) is 0 Å². The van der Waals surface area contributed by atoms with E-state index >= 15 is 0 Å². The van der Waals surface area contributed by atoms with Crippen LogP contribution in [0.25, 0.3) is 0 Å². The third-order valence-corrected chi connectivity index (χ3v) is 7.03. The zero-order valence-electron chi connectivity index (χ0n) is 12.5. The molecule has 0 amide bonds. The first-order chi connectivity index (χ1) is 9.27. The molecule has 0 radical (unpaired) electrons. The zero-order chi connectivity index (χ0) is 14.9. The van der Waals surface area contributed by atoms with Crippen molar-refractivity contribution in [1.29, 1.82) is 0 Å². The van der Waals surface area contributed by atoms with E-state index in [1.807, 2.05) is 11.6 Å². The van der Waals surface area contributed by atoms with Crippen molar-refractivity contribution in [3.05, 3.63) is 27.2 Å². The third kappa shape index (κ3) is 3.74. The molecule has 1 atom stereocenters. The van der Waals surface area contributed by atoms with Crippen molar-refractivity contribution in [3.8, 4) is 0 Å². The SMILES string of the molecule is CC(C)c1nc(CS(=O)c2ncc(C(C)(C)C)s2)cs1. The Kier molecular flexibility index (Phi) is 4.76. The number of nitrogens with zero attached hydrogens (tertiary/aromatic N) is 2. The van der Waals surface area contributed by atoms with Gasteiger partial charge in [-0.15, -0.1) is 22.7 Å². The molecular formula is C14H20N2OS3. The molecule has 2 aromatic heterocycles. The predicted octanol–water partition coefficient (Wildman–Crippen LogP) is 4.33. The first kappa shape index (κ1) is 15.8. The molecule has 20 heavy (non-hydrogen) atoms. The summed E-state index contributed by atoms with van der Waals surface area (Å²) >= 11 is 3.19. The summed E-state index contributed by atoms with van der Waals surface area (Å²) in [6.07, 6.45) is 1.85. The first-order valence-corrected chi connectivity index (χ1v) is 9.58. The van der Waals surface area contributed by atoms with Gasteiger partial charge in [0.2, 0.25) is 0 Å². The van der Waals surface area contributed by atoms with Crippen molar-refractivity contribution < 1.29 is 4.21 Å². The van der Waals surface area contributed by atoms with Crippen LogP contribution in [-0.2, 0) is 22.0 Å². The van der Waals surface area contributed by atoms with Crippen LogP contribution in [0.3, 0.4) is 0 Å². The van der Waals surface area contributed by atoms with Gasteiger partial charge in [-0.1, -0.05) is 34.6 Å². The molecule has 0 spiro atoms. The summed E-state index contributed by atoms with van der Waals surface area (Å²) in [5, 5.41) is 3.11. The Balaban J connectivity index is 2.10. The maximum atomic E-state index is 12.4. The molecule has 0 N–H and O–H groups in total.